The van der Waals surface area contributed by atoms with E-state index in [1.165, 1.54) is 48.3 Å². The summed E-state index contributed by atoms with van der Waals surface area (Å²) in [5, 5.41) is 1.85. The van der Waals surface area contributed by atoms with Gasteiger partial charge in [0.2, 0.25) is 5.91 Å². The molecule has 0 spiro atoms. The van der Waals surface area contributed by atoms with Gasteiger partial charge in [-0.3, -0.25) is 9.78 Å². The van der Waals surface area contributed by atoms with Crippen LogP contribution in [0, 0.1) is 0 Å². The zero-order valence-corrected chi connectivity index (χ0v) is 17.5. The van der Waals surface area contributed by atoms with E-state index < -0.39 is 0 Å². The Labute approximate surface area is 170 Å². The molecule has 0 unspecified atom stereocenters. The first-order chi connectivity index (χ1) is 13.1. The molecule has 27 heavy (non-hydrogen) atoms. The van der Waals surface area contributed by atoms with Crippen molar-refractivity contribution in [3.63, 3.8) is 0 Å². The summed E-state index contributed by atoms with van der Waals surface area (Å²) in [5.41, 5.74) is 3.51. The Morgan fingerprint density at radius 1 is 1.19 bits per heavy atom. The second-order valence-corrected chi connectivity index (χ2v) is 9.24. The maximum Gasteiger partial charge on any atom is 0.232 e. The zero-order chi connectivity index (χ0) is 18.8. The highest BCUT2D eigenvalue weighted by Gasteiger charge is 2.24. The summed E-state index contributed by atoms with van der Waals surface area (Å²) >= 11 is 7.90. The maximum absolute atomic E-state index is 12.8. The molecule has 4 rings (SSSR count). The van der Waals surface area contributed by atoms with Crippen molar-refractivity contribution >= 4 is 40.2 Å². The standard InChI is InChI=1S/C22H27ClN2OS/c1-25(16-7-3-2-4-8-16)21(26)14-27-22-17-9-5-6-10-19(17)24-20-13-15(23)11-12-18(20)22/h11-13,16H,2-10,14H2,1H3. The highest BCUT2D eigenvalue weighted by atomic mass is 35.5. The van der Waals surface area contributed by atoms with Crippen LogP contribution < -0.4 is 0 Å². The molecule has 2 aromatic rings. The molecule has 3 nitrogen and oxygen atoms in total. The first-order valence-electron chi connectivity index (χ1n) is 10.1. The SMILES string of the molecule is CN(C(=O)CSc1c2c(nc3cc(Cl)ccc13)CCCC2)C1CCCCC1. The predicted octanol–water partition coefficient (Wildman–Crippen LogP) is 5.65. The Kier molecular flexibility index (Phi) is 5.93. The summed E-state index contributed by atoms with van der Waals surface area (Å²) in [6, 6.07) is 6.37. The Balaban J connectivity index is 1.58. The minimum absolute atomic E-state index is 0.246. The van der Waals surface area contributed by atoms with Gasteiger partial charge in [0, 0.05) is 34.1 Å². The van der Waals surface area contributed by atoms with Crippen LogP contribution in [-0.2, 0) is 17.6 Å². The van der Waals surface area contributed by atoms with Gasteiger partial charge >= 0.3 is 0 Å². The summed E-state index contributed by atoms with van der Waals surface area (Å²) in [5.74, 6) is 0.747. The van der Waals surface area contributed by atoms with Crippen molar-refractivity contribution in [1.82, 2.24) is 9.88 Å². The van der Waals surface area contributed by atoms with Crippen LogP contribution >= 0.6 is 23.4 Å². The van der Waals surface area contributed by atoms with Crippen molar-refractivity contribution in [3.8, 4) is 0 Å². The number of hydrogen-bond donors (Lipinski definition) is 0. The van der Waals surface area contributed by atoms with Gasteiger partial charge in [-0.25, -0.2) is 0 Å². The molecule has 5 heteroatoms. The highest BCUT2D eigenvalue weighted by molar-refractivity contribution is 8.00. The monoisotopic (exact) mass is 402 g/mol. The first kappa shape index (κ1) is 19.1. The van der Waals surface area contributed by atoms with Crippen LogP contribution in [0.15, 0.2) is 23.1 Å². The van der Waals surface area contributed by atoms with Gasteiger partial charge in [0.15, 0.2) is 0 Å². The van der Waals surface area contributed by atoms with E-state index >= 15 is 0 Å². The molecule has 0 N–H and O–H groups in total. The van der Waals surface area contributed by atoms with E-state index in [1.54, 1.807) is 11.8 Å². The second kappa shape index (κ2) is 8.40. The number of carbonyl (C=O) groups excluding carboxylic acids is 1. The van der Waals surface area contributed by atoms with Gasteiger partial charge in [0.1, 0.15) is 0 Å². The van der Waals surface area contributed by atoms with E-state index in [0.717, 1.165) is 41.6 Å². The molecule has 1 aromatic heterocycles. The molecule has 1 heterocycles. The maximum atomic E-state index is 12.8. The molecule has 2 aliphatic carbocycles. The minimum Gasteiger partial charge on any atom is -0.342 e. The zero-order valence-electron chi connectivity index (χ0n) is 16.0. The second-order valence-electron chi connectivity index (χ2n) is 7.82. The number of aromatic nitrogens is 1. The number of thioether (sulfide) groups is 1. The largest absolute Gasteiger partial charge is 0.342 e. The fourth-order valence-electron chi connectivity index (χ4n) is 4.43. The third-order valence-electron chi connectivity index (χ3n) is 6.03. The van der Waals surface area contributed by atoms with Gasteiger partial charge in [-0.1, -0.05) is 36.9 Å². The quantitative estimate of drug-likeness (QED) is 0.619. The summed E-state index contributed by atoms with van der Waals surface area (Å²) in [6.07, 6.45) is 10.6. The third kappa shape index (κ3) is 4.12. The number of halogens is 1. The number of rotatable bonds is 4. The number of hydrogen-bond acceptors (Lipinski definition) is 3. The summed E-state index contributed by atoms with van der Waals surface area (Å²) in [7, 11) is 1.98. The van der Waals surface area contributed by atoms with Gasteiger partial charge < -0.3 is 4.90 Å². The van der Waals surface area contributed by atoms with Crippen LogP contribution in [0.3, 0.4) is 0 Å². The summed E-state index contributed by atoms with van der Waals surface area (Å²) in [4.78, 5) is 21.0. The van der Waals surface area contributed by atoms with Gasteiger partial charge in [-0.2, -0.15) is 0 Å². The van der Waals surface area contributed by atoms with Crippen molar-refractivity contribution < 1.29 is 4.79 Å². The number of carbonyl (C=O) groups is 1. The van der Waals surface area contributed by atoms with Crippen molar-refractivity contribution in [1.29, 1.82) is 0 Å². The van der Waals surface area contributed by atoms with E-state index in [0.29, 0.717) is 11.8 Å². The topological polar surface area (TPSA) is 33.2 Å². The Hall–Kier alpha value is -1.26. The van der Waals surface area contributed by atoms with Crippen LogP contribution in [0.4, 0.5) is 0 Å². The number of pyridine rings is 1. The lowest BCUT2D eigenvalue weighted by Crippen LogP contribution is -2.39. The first-order valence-corrected chi connectivity index (χ1v) is 11.5. The molecule has 1 fully saturated rings. The Morgan fingerprint density at radius 3 is 2.78 bits per heavy atom. The van der Waals surface area contributed by atoms with E-state index in [1.807, 2.05) is 24.1 Å². The van der Waals surface area contributed by atoms with Gasteiger partial charge in [0.25, 0.3) is 0 Å². The molecule has 1 saturated carbocycles. The van der Waals surface area contributed by atoms with Gasteiger partial charge in [0.05, 0.1) is 11.3 Å². The molecule has 0 saturated heterocycles. The lowest BCUT2D eigenvalue weighted by Gasteiger charge is -2.31. The van der Waals surface area contributed by atoms with Crippen LogP contribution in [0.1, 0.15) is 56.2 Å². The van der Waals surface area contributed by atoms with E-state index in [-0.39, 0.29) is 5.91 Å². The number of fused-ring (bicyclic) bond motifs is 2. The number of aryl methyl sites for hydroxylation is 1. The molecule has 0 bridgehead atoms. The van der Waals surface area contributed by atoms with Crippen LogP contribution in [0.5, 0.6) is 0 Å². The average molecular weight is 403 g/mol. The number of nitrogens with zero attached hydrogens (tertiary/aromatic N) is 2. The average Bonchev–Trinajstić information content (AvgIpc) is 2.70. The van der Waals surface area contributed by atoms with Crippen LogP contribution in [-0.4, -0.2) is 34.6 Å². The molecular weight excluding hydrogens is 376 g/mol. The van der Waals surface area contributed by atoms with Gasteiger partial charge in [-0.05, 0) is 56.2 Å². The van der Waals surface area contributed by atoms with Crippen molar-refractivity contribution in [2.24, 2.45) is 0 Å². The highest BCUT2D eigenvalue weighted by Crippen LogP contribution is 2.37. The minimum atomic E-state index is 0.246. The van der Waals surface area contributed by atoms with E-state index in [4.69, 9.17) is 16.6 Å². The fraction of sp³-hybridized carbons (Fsp3) is 0.545. The smallest absolute Gasteiger partial charge is 0.232 e. The molecule has 0 radical (unpaired) electrons. The Morgan fingerprint density at radius 2 is 1.96 bits per heavy atom. The van der Waals surface area contributed by atoms with E-state index in [2.05, 4.69) is 6.07 Å². The van der Waals surface area contributed by atoms with Gasteiger partial charge in [-0.15, -0.1) is 11.8 Å². The van der Waals surface area contributed by atoms with Crippen LogP contribution in [0.25, 0.3) is 10.9 Å². The lowest BCUT2D eigenvalue weighted by molar-refractivity contribution is -0.129. The van der Waals surface area contributed by atoms with Crippen molar-refractivity contribution in [2.75, 3.05) is 12.8 Å². The molecule has 1 amide bonds. The molecular formula is C22H27ClN2OS. The van der Waals surface area contributed by atoms with Crippen LogP contribution in [0.2, 0.25) is 5.02 Å². The molecule has 2 aliphatic rings. The fourth-order valence-corrected chi connectivity index (χ4v) is 5.79. The Bertz CT molecular complexity index is 848. The van der Waals surface area contributed by atoms with E-state index in [9.17, 15) is 4.79 Å². The molecule has 0 aliphatic heterocycles. The number of amides is 1. The molecule has 0 atom stereocenters. The lowest BCUT2D eigenvalue weighted by atomic mass is 9.94. The molecule has 1 aromatic carbocycles. The summed E-state index contributed by atoms with van der Waals surface area (Å²) in [6.45, 7) is 0. The van der Waals surface area contributed by atoms with Crippen molar-refractivity contribution in [2.45, 2.75) is 68.7 Å². The predicted molar refractivity (Wildman–Crippen MR) is 114 cm³/mol. The third-order valence-corrected chi connectivity index (χ3v) is 7.41. The number of benzene rings is 1. The molecule has 144 valence electrons. The van der Waals surface area contributed by atoms with Crippen molar-refractivity contribution in [3.05, 3.63) is 34.5 Å². The summed E-state index contributed by atoms with van der Waals surface area (Å²) < 4.78 is 0. The normalized spacial score (nSPS) is 17.7.